The second kappa shape index (κ2) is 3.80. The van der Waals surface area contributed by atoms with E-state index in [9.17, 15) is 13.2 Å². The lowest BCUT2D eigenvalue weighted by atomic mass is 10.3. The molecule has 0 unspecified atom stereocenters. The summed E-state index contributed by atoms with van der Waals surface area (Å²) >= 11 is 2.88. The zero-order valence-electron chi connectivity index (χ0n) is 5.73. The second-order valence-corrected chi connectivity index (χ2v) is 2.78. The number of para-hydroxylation sites is 1. The van der Waals surface area contributed by atoms with Crippen LogP contribution in [0.5, 0.6) is 5.75 Å². The first-order chi connectivity index (χ1) is 5.61. The third-order valence-electron chi connectivity index (χ3n) is 1.13. The molecule has 0 aliphatic rings. The van der Waals surface area contributed by atoms with Crippen LogP contribution >= 0.6 is 15.9 Å². The van der Waals surface area contributed by atoms with E-state index in [4.69, 9.17) is 0 Å². The fourth-order valence-electron chi connectivity index (χ4n) is 0.684. The molecule has 0 fully saturated rings. The Morgan fingerprint density at radius 2 is 2.00 bits per heavy atom. The van der Waals surface area contributed by atoms with Gasteiger partial charge in [0.15, 0.2) is 11.6 Å². The number of hydrogen-bond acceptors (Lipinski definition) is 1. The molecule has 0 aromatic heterocycles. The maximum Gasteiger partial charge on any atom is 0.387 e. The largest absolute Gasteiger partial charge is 0.430 e. The molecule has 12 heavy (non-hydrogen) atoms. The lowest BCUT2D eigenvalue weighted by Crippen LogP contribution is -2.04. The number of benzene rings is 1. The van der Waals surface area contributed by atoms with Crippen molar-refractivity contribution in [2.24, 2.45) is 0 Å². The van der Waals surface area contributed by atoms with Gasteiger partial charge < -0.3 is 4.74 Å². The summed E-state index contributed by atoms with van der Waals surface area (Å²) in [5.41, 5.74) is 0. The summed E-state index contributed by atoms with van der Waals surface area (Å²) in [4.78, 5) is 0. The maximum absolute atomic E-state index is 12.7. The first kappa shape index (κ1) is 9.38. The molecule has 1 aromatic carbocycles. The van der Waals surface area contributed by atoms with Crippen molar-refractivity contribution in [1.82, 2.24) is 0 Å². The van der Waals surface area contributed by atoms with E-state index in [0.29, 0.717) is 0 Å². The molecule has 66 valence electrons. The van der Waals surface area contributed by atoms with Gasteiger partial charge in [-0.2, -0.15) is 8.78 Å². The highest BCUT2D eigenvalue weighted by Crippen LogP contribution is 2.28. The van der Waals surface area contributed by atoms with Crippen LogP contribution in [0.15, 0.2) is 22.7 Å². The number of alkyl halides is 2. The molecule has 0 saturated heterocycles. The Hall–Kier alpha value is -0.710. The molecule has 0 heterocycles. The molecule has 5 heteroatoms. The predicted molar refractivity (Wildman–Crippen MR) is 40.7 cm³/mol. The smallest absolute Gasteiger partial charge is 0.387 e. The summed E-state index contributed by atoms with van der Waals surface area (Å²) in [6.45, 7) is -3.02. The van der Waals surface area contributed by atoms with E-state index in [2.05, 4.69) is 20.7 Å². The Balaban J connectivity index is 2.96. The van der Waals surface area contributed by atoms with E-state index in [-0.39, 0.29) is 4.47 Å². The number of halogens is 4. The van der Waals surface area contributed by atoms with Crippen molar-refractivity contribution >= 4 is 15.9 Å². The Labute approximate surface area is 75.3 Å². The van der Waals surface area contributed by atoms with Gasteiger partial charge in [0.1, 0.15) is 0 Å². The highest BCUT2D eigenvalue weighted by molar-refractivity contribution is 9.10. The lowest BCUT2D eigenvalue weighted by molar-refractivity contribution is -0.0527. The summed E-state index contributed by atoms with van der Waals surface area (Å²) in [5, 5.41) is 0. The Morgan fingerprint density at radius 1 is 1.33 bits per heavy atom. The van der Waals surface area contributed by atoms with Gasteiger partial charge >= 0.3 is 6.61 Å². The quantitative estimate of drug-likeness (QED) is 0.772. The SMILES string of the molecule is Fc1cccc(Br)c1OC(F)F. The van der Waals surface area contributed by atoms with Crippen LogP contribution in [-0.4, -0.2) is 6.61 Å². The number of hydrogen-bond donors (Lipinski definition) is 0. The minimum absolute atomic E-state index is 0.169. The van der Waals surface area contributed by atoms with E-state index < -0.39 is 18.2 Å². The van der Waals surface area contributed by atoms with Gasteiger partial charge in [0, 0.05) is 0 Å². The summed E-state index contributed by atoms with van der Waals surface area (Å²) in [7, 11) is 0. The van der Waals surface area contributed by atoms with Gasteiger partial charge in [-0.15, -0.1) is 0 Å². The van der Waals surface area contributed by atoms with E-state index in [1.54, 1.807) is 0 Å². The van der Waals surface area contributed by atoms with Crippen molar-refractivity contribution in [2.75, 3.05) is 0 Å². The van der Waals surface area contributed by atoms with Crippen LogP contribution in [0, 0.1) is 5.82 Å². The molecule has 0 aliphatic carbocycles. The Morgan fingerprint density at radius 3 is 2.50 bits per heavy atom. The maximum atomic E-state index is 12.7. The van der Waals surface area contributed by atoms with E-state index in [1.165, 1.54) is 12.1 Å². The molecular formula is C7H4BrF3O. The first-order valence-electron chi connectivity index (χ1n) is 3.00. The van der Waals surface area contributed by atoms with Gasteiger partial charge in [0.2, 0.25) is 0 Å². The molecule has 1 aromatic rings. The molecule has 0 aliphatic heterocycles. The standard InChI is InChI=1S/C7H4BrF3O/c8-4-2-1-3-5(9)6(4)12-7(10)11/h1-3,7H. The van der Waals surface area contributed by atoms with Crippen LogP contribution in [0.3, 0.4) is 0 Å². The Bertz CT molecular complexity index is 257. The fourth-order valence-corrected chi connectivity index (χ4v) is 1.12. The first-order valence-corrected chi connectivity index (χ1v) is 3.79. The van der Waals surface area contributed by atoms with Crippen LogP contribution in [0.1, 0.15) is 0 Å². The third-order valence-corrected chi connectivity index (χ3v) is 1.75. The average Bonchev–Trinajstić information content (AvgIpc) is 1.97. The van der Waals surface area contributed by atoms with Crippen LogP contribution in [0.2, 0.25) is 0 Å². The van der Waals surface area contributed by atoms with Gasteiger partial charge in [-0.3, -0.25) is 0 Å². The zero-order chi connectivity index (χ0) is 9.14. The van der Waals surface area contributed by atoms with Crippen molar-refractivity contribution in [3.8, 4) is 5.75 Å². The van der Waals surface area contributed by atoms with Crippen molar-refractivity contribution in [1.29, 1.82) is 0 Å². The molecule has 0 saturated carbocycles. The highest BCUT2D eigenvalue weighted by Gasteiger charge is 2.12. The monoisotopic (exact) mass is 240 g/mol. The Kier molecular flexibility index (Phi) is 2.97. The van der Waals surface area contributed by atoms with Gasteiger partial charge in [-0.1, -0.05) is 6.07 Å². The lowest BCUT2D eigenvalue weighted by Gasteiger charge is -2.06. The van der Waals surface area contributed by atoms with Crippen molar-refractivity contribution in [2.45, 2.75) is 6.61 Å². The van der Waals surface area contributed by atoms with E-state index >= 15 is 0 Å². The normalized spacial score (nSPS) is 10.4. The topological polar surface area (TPSA) is 9.23 Å². The minimum Gasteiger partial charge on any atom is -0.430 e. The third kappa shape index (κ3) is 2.14. The molecule has 0 bridgehead atoms. The summed E-state index contributed by atoms with van der Waals surface area (Å²) < 4.78 is 40.2. The van der Waals surface area contributed by atoms with Crippen LogP contribution in [0.4, 0.5) is 13.2 Å². The molecule has 0 radical (unpaired) electrons. The van der Waals surface area contributed by atoms with Crippen LogP contribution in [0.25, 0.3) is 0 Å². The summed E-state index contributed by atoms with van der Waals surface area (Å²) in [6, 6.07) is 3.85. The molecule has 0 amide bonds. The van der Waals surface area contributed by atoms with Gasteiger partial charge in [0.25, 0.3) is 0 Å². The summed E-state index contributed by atoms with van der Waals surface area (Å²) in [5.74, 6) is -1.28. The van der Waals surface area contributed by atoms with Crippen LogP contribution < -0.4 is 4.74 Å². The van der Waals surface area contributed by atoms with E-state index in [1.807, 2.05) is 0 Å². The molecule has 0 spiro atoms. The average molecular weight is 241 g/mol. The zero-order valence-corrected chi connectivity index (χ0v) is 7.32. The molecule has 1 nitrogen and oxygen atoms in total. The number of rotatable bonds is 2. The second-order valence-electron chi connectivity index (χ2n) is 1.93. The van der Waals surface area contributed by atoms with Crippen LogP contribution in [-0.2, 0) is 0 Å². The molecule has 0 atom stereocenters. The highest BCUT2D eigenvalue weighted by atomic mass is 79.9. The molecular weight excluding hydrogens is 237 g/mol. The van der Waals surface area contributed by atoms with Gasteiger partial charge in [0.05, 0.1) is 4.47 Å². The molecule has 1 rings (SSSR count). The minimum atomic E-state index is -3.02. The van der Waals surface area contributed by atoms with Gasteiger partial charge in [-0.05, 0) is 28.1 Å². The van der Waals surface area contributed by atoms with Crippen molar-refractivity contribution in [3.05, 3.63) is 28.5 Å². The summed E-state index contributed by atoms with van der Waals surface area (Å²) in [6.07, 6.45) is 0. The number of ether oxygens (including phenoxy) is 1. The predicted octanol–water partition coefficient (Wildman–Crippen LogP) is 3.19. The van der Waals surface area contributed by atoms with Gasteiger partial charge in [-0.25, -0.2) is 4.39 Å². The molecule has 0 N–H and O–H groups in total. The fraction of sp³-hybridized carbons (Fsp3) is 0.143. The van der Waals surface area contributed by atoms with Crippen molar-refractivity contribution < 1.29 is 17.9 Å². The van der Waals surface area contributed by atoms with Crippen molar-refractivity contribution in [3.63, 3.8) is 0 Å². The van der Waals surface area contributed by atoms with E-state index in [0.717, 1.165) is 6.07 Å².